The van der Waals surface area contributed by atoms with Crippen LogP contribution in [0.2, 0.25) is 0 Å². The van der Waals surface area contributed by atoms with Gasteiger partial charge < -0.3 is 10.6 Å². The van der Waals surface area contributed by atoms with Gasteiger partial charge in [0.25, 0.3) is 0 Å². The zero-order valence-corrected chi connectivity index (χ0v) is 17.5. The van der Waals surface area contributed by atoms with Gasteiger partial charge in [0.1, 0.15) is 0 Å². The molecule has 0 unspecified atom stereocenters. The Morgan fingerprint density at radius 3 is 2.09 bits per heavy atom. The SMILES string of the molecule is CCCCCCNC(=NC)NCCCN(CC)S(C)(=O)=O.I. The van der Waals surface area contributed by atoms with Gasteiger partial charge in [-0.05, 0) is 12.8 Å². The zero-order chi connectivity index (χ0) is 16.1. The fourth-order valence-corrected chi connectivity index (χ4v) is 2.93. The van der Waals surface area contributed by atoms with Crippen molar-refractivity contribution < 1.29 is 8.42 Å². The Labute approximate surface area is 153 Å². The van der Waals surface area contributed by atoms with Crippen molar-refractivity contribution in [2.45, 2.75) is 46.0 Å². The number of rotatable bonds is 11. The molecule has 0 aromatic carbocycles. The smallest absolute Gasteiger partial charge is 0.211 e. The molecule has 0 spiro atoms. The van der Waals surface area contributed by atoms with Crippen molar-refractivity contribution in [3.63, 3.8) is 0 Å². The number of sulfonamides is 1. The molecule has 0 aliphatic carbocycles. The fourth-order valence-electron chi connectivity index (χ4n) is 2.00. The molecule has 0 radical (unpaired) electrons. The van der Waals surface area contributed by atoms with E-state index in [2.05, 4.69) is 22.5 Å². The molecule has 0 aromatic rings. The first-order chi connectivity index (χ1) is 9.95. The lowest BCUT2D eigenvalue weighted by Crippen LogP contribution is -2.39. The minimum atomic E-state index is -3.08. The summed E-state index contributed by atoms with van der Waals surface area (Å²) < 4.78 is 24.4. The first kappa shape index (κ1) is 24.2. The number of guanidine groups is 1. The summed E-state index contributed by atoms with van der Waals surface area (Å²) >= 11 is 0. The van der Waals surface area contributed by atoms with Crippen molar-refractivity contribution in [3.05, 3.63) is 0 Å². The van der Waals surface area contributed by atoms with E-state index < -0.39 is 10.0 Å². The van der Waals surface area contributed by atoms with Crippen LogP contribution in [0.4, 0.5) is 0 Å². The summed E-state index contributed by atoms with van der Waals surface area (Å²) in [6, 6.07) is 0. The van der Waals surface area contributed by atoms with Crippen LogP contribution in [-0.2, 0) is 10.0 Å². The van der Waals surface area contributed by atoms with Gasteiger partial charge in [0.15, 0.2) is 5.96 Å². The third kappa shape index (κ3) is 12.5. The molecule has 0 rings (SSSR count). The van der Waals surface area contributed by atoms with Crippen LogP contribution in [0.15, 0.2) is 4.99 Å². The van der Waals surface area contributed by atoms with Crippen molar-refractivity contribution in [1.29, 1.82) is 0 Å². The van der Waals surface area contributed by atoms with Crippen LogP contribution < -0.4 is 10.6 Å². The zero-order valence-electron chi connectivity index (χ0n) is 14.4. The second-order valence-corrected chi connectivity index (χ2v) is 7.08. The summed E-state index contributed by atoms with van der Waals surface area (Å²) in [5, 5.41) is 6.48. The number of hydrogen-bond acceptors (Lipinski definition) is 3. The van der Waals surface area contributed by atoms with Gasteiger partial charge in [0, 0.05) is 33.2 Å². The van der Waals surface area contributed by atoms with Gasteiger partial charge in [-0.15, -0.1) is 24.0 Å². The van der Waals surface area contributed by atoms with Gasteiger partial charge in [0.05, 0.1) is 6.26 Å². The van der Waals surface area contributed by atoms with Crippen molar-refractivity contribution in [2.24, 2.45) is 4.99 Å². The molecular weight excluding hydrogens is 415 g/mol. The van der Waals surface area contributed by atoms with Gasteiger partial charge in [-0.3, -0.25) is 4.99 Å². The largest absolute Gasteiger partial charge is 0.356 e. The van der Waals surface area contributed by atoms with Gasteiger partial charge in [-0.25, -0.2) is 12.7 Å². The fraction of sp³-hybridized carbons (Fsp3) is 0.929. The molecule has 0 saturated carbocycles. The first-order valence-corrected chi connectivity index (χ1v) is 9.70. The molecule has 0 saturated heterocycles. The highest BCUT2D eigenvalue weighted by Crippen LogP contribution is 1.98. The maximum Gasteiger partial charge on any atom is 0.211 e. The van der Waals surface area contributed by atoms with E-state index in [0.29, 0.717) is 19.6 Å². The molecule has 0 fully saturated rings. The number of hydrogen-bond donors (Lipinski definition) is 2. The highest BCUT2D eigenvalue weighted by atomic mass is 127. The van der Waals surface area contributed by atoms with Crippen LogP contribution in [0.1, 0.15) is 46.0 Å². The Bertz CT molecular complexity index is 388. The molecule has 0 heterocycles. The van der Waals surface area contributed by atoms with Crippen LogP contribution in [0.25, 0.3) is 0 Å². The summed E-state index contributed by atoms with van der Waals surface area (Å²) in [6.07, 6.45) is 6.90. The first-order valence-electron chi connectivity index (χ1n) is 7.85. The predicted octanol–water partition coefficient (Wildman–Crippen LogP) is 2.02. The molecule has 2 N–H and O–H groups in total. The van der Waals surface area contributed by atoms with Gasteiger partial charge in [0.2, 0.25) is 10.0 Å². The molecule has 0 amide bonds. The van der Waals surface area contributed by atoms with Gasteiger partial charge >= 0.3 is 0 Å². The molecule has 0 aromatic heterocycles. The molecule has 0 atom stereocenters. The number of aliphatic imine (C=N–C) groups is 1. The molecule has 22 heavy (non-hydrogen) atoms. The standard InChI is InChI=1S/C14H32N4O2S.HI/c1-5-7-8-9-11-16-14(15-3)17-12-10-13-18(6-2)21(4,19)20;/h5-13H2,1-4H3,(H2,15,16,17);1H. The van der Waals surface area contributed by atoms with E-state index >= 15 is 0 Å². The highest BCUT2D eigenvalue weighted by molar-refractivity contribution is 14.0. The normalized spacial score (nSPS) is 12.1. The number of unbranched alkanes of at least 4 members (excludes halogenated alkanes) is 3. The molecule has 0 bridgehead atoms. The van der Waals surface area contributed by atoms with Gasteiger partial charge in [-0.2, -0.15) is 0 Å². The van der Waals surface area contributed by atoms with Crippen molar-refractivity contribution in [2.75, 3.05) is 39.5 Å². The maximum absolute atomic E-state index is 11.4. The molecule has 6 nitrogen and oxygen atoms in total. The minimum Gasteiger partial charge on any atom is -0.356 e. The molecule has 134 valence electrons. The van der Waals surface area contributed by atoms with Gasteiger partial charge in [-0.1, -0.05) is 33.1 Å². The summed E-state index contributed by atoms with van der Waals surface area (Å²) in [5.74, 6) is 0.786. The summed E-state index contributed by atoms with van der Waals surface area (Å²) in [5.41, 5.74) is 0. The van der Waals surface area contributed by atoms with Crippen LogP contribution >= 0.6 is 24.0 Å². The van der Waals surface area contributed by atoms with E-state index in [9.17, 15) is 8.42 Å². The third-order valence-corrected chi connectivity index (χ3v) is 4.62. The van der Waals surface area contributed by atoms with Crippen molar-refractivity contribution in [1.82, 2.24) is 14.9 Å². The van der Waals surface area contributed by atoms with E-state index in [-0.39, 0.29) is 24.0 Å². The lowest BCUT2D eigenvalue weighted by atomic mass is 10.2. The lowest BCUT2D eigenvalue weighted by molar-refractivity contribution is 0.424. The molecule has 0 aliphatic heterocycles. The highest BCUT2D eigenvalue weighted by Gasteiger charge is 2.13. The predicted molar refractivity (Wildman–Crippen MR) is 106 cm³/mol. The third-order valence-electron chi connectivity index (χ3n) is 3.24. The maximum atomic E-state index is 11.4. The average Bonchev–Trinajstić information content (AvgIpc) is 2.43. The van der Waals surface area contributed by atoms with Crippen LogP contribution in [0, 0.1) is 0 Å². The average molecular weight is 448 g/mol. The number of nitrogens with one attached hydrogen (secondary N) is 2. The minimum absolute atomic E-state index is 0. The van der Waals surface area contributed by atoms with E-state index in [1.807, 2.05) is 6.92 Å². The van der Waals surface area contributed by atoms with Crippen molar-refractivity contribution in [3.8, 4) is 0 Å². The summed E-state index contributed by atoms with van der Waals surface area (Å²) in [4.78, 5) is 4.15. The van der Waals surface area contributed by atoms with E-state index in [0.717, 1.165) is 25.3 Å². The molecule has 0 aliphatic rings. The lowest BCUT2D eigenvalue weighted by Gasteiger charge is -2.18. The van der Waals surface area contributed by atoms with Crippen molar-refractivity contribution >= 4 is 40.0 Å². The second kappa shape index (κ2) is 14.5. The Balaban J connectivity index is 0. The Hall–Kier alpha value is -0.0900. The Kier molecular flexibility index (Phi) is 15.9. The molecular formula is C14H33IN4O2S. The Morgan fingerprint density at radius 1 is 1.05 bits per heavy atom. The van der Waals surface area contributed by atoms with Crippen LogP contribution in [0.3, 0.4) is 0 Å². The van der Waals surface area contributed by atoms with E-state index in [1.54, 1.807) is 7.05 Å². The van der Waals surface area contributed by atoms with E-state index in [1.165, 1.54) is 29.8 Å². The number of nitrogens with zero attached hydrogens (tertiary/aromatic N) is 2. The Morgan fingerprint density at radius 2 is 1.64 bits per heavy atom. The van der Waals surface area contributed by atoms with Crippen LogP contribution in [-0.4, -0.2) is 58.2 Å². The molecule has 8 heteroatoms. The quantitative estimate of drug-likeness (QED) is 0.220. The number of halogens is 1. The van der Waals surface area contributed by atoms with Crippen LogP contribution in [0.5, 0.6) is 0 Å². The summed E-state index contributed by atoms with van der Waals surface area (Å²) in [7, 11) is -1.34. The topological polar surface area (TPSA) is 73.8 Å². The second-order valence-electron chi connectivity index (χ2n) is 5.09. The summed E-state index contributed by atoms with van der Waals surface area (Å²) in [6.45, 7) is 6.74. The monoisotopic (exact) mass is 448 g/mol. The van der Waals surface area contributed by atoms with E-state index in [4.69, 9.17) is 0 Å².